The van der Waals surface area contributed by atoms with E-state index in [4.69, 9.17) is 5.73 Å². The molecule has 0 bridgehead atoms. The van der Waals surface area contributed by atoms with Gasteiger partial charge in [-0.05, 0) is 18.8 Å². The van der Waals surface area contributed by atoms with Crippen molar-refractivity contribution in [2.24, 2.45) is 23.5 Å². The topological polar surface area (TPSA) is 43.1 Å². The maximum atomic E-state index is 12.4. The zero-order chi connectivity index (χ0) is 15.0. The maximum absolute atomic E-state index is 12.4. The highest BCUT2D eigenvalue weighted by Crippen LogP contribution is 2.30. The minimum Gasteiger partial charge on any atom is -0.402 e. The van der Waals surface area contributed by atoms with Crippen molar-refractivity contribution in [3.05, 3.63) is 12.3 Å². The monoisotopic (exact) mass is 279 g/mol. The van der Waals surface area contributed by atoms with Gasteiger partial charge in [-0.2, -0.15) is 0 Å². The van der Waals surface area contributed by atoms with Crippen LogP contribution in [0.1, 0.15) is 78.1 Å². The molecule has 0 amide bonds. The first-order valence-corrected chi connectivity index (χ1v) is 8.51. The fourth-order valence-corrected chi connectivity index (χ4v) is 3.37. The minimum absolute atomic E-state index is 0.191. The molecular formula is C18H33NO. The first-order chi connectivity index (χ1) is 9.54. The fraction of sp³-hybridized carbons (Fsp3) is 0.833. The van der Waals surface area contributed by atoms with Crippen LogP contribution < -0.4 is 5.73 Å². The molecule has 0 aromatic carbocycles. The lowest BCUT2D eigenvalue weighted by Gasteiger charge is -2.25. The second-order valence-corrected chi connectivity index (χ2v) is 6.73. The van der Waals surface area contributed by atoms with Crippen molar-refractivity contribution in [1.29, 1.82) is 0 Å². The van der Waals surface area contributed by atoms with Gasteiger partial charge in [0.15, 0.2) is 0 Å². The molecule has 0 radical (unpaired) electrons. The van der Waals surface area contributed by atoms with E-state index in [9.17, 15) is 4.79 Å². The van der Waals surface area contributed by atoms with Crippen molar-refractivity contribution in [2.45, 2.75) is 78.1 Å². The third-order valence-corrected chi connectivity index (χ3v) is 4.84. The predicted molar refractivity (Wildman–Crippen MR) is 86.3 cm³/mol. The lowest BCUT2D eigenvalue weighted by molar-refractivity contribution is -0.123. The van der Waals surface area contributed by atoms with Crippen LogP contribution in [0.25, 0.3) is 0 Å². The molecule has 0 heterocycles. The molecule has 2 atom stereocenters. The van der Waals surface area contributed by atoms with Crippen molar-refractivity contribution in [2.75, 3.05) is 0 Å². The summed E-state index contributed by atoms with van der Waals surface area (Å²) < 4.78 is 0. The SMILES string of the molecule is C=C(N)C(CCCC)CC(=O)C(C)CC1CCCCC1. The Kier molecular flexibility index (Phi) is 7.94. The normalized spacial score (nSPS) is 19.5. The molecule has 0 saturated heterocycles. The fourth-order valence-electron chi connectivity index (χ4n) is 3.37. The Morgan fingerprint density at radius 3 is 2.50 bits per heavy atom. The summed E-state index contributed by atoms with van der Waals surface area (Å²) in [4.78, 5) is 12.4. The Hall–Kier alpha value is -0.790. The molecule has 0 aromatic rings. The molecule has 116 valence electrons. The standard InChI is InChI=1S/C18H33NO/c1-4-5-11-17(15(3)19)13-18(20)14(2)12-16-9-7-6-8-10-16/h14,16-17H,3-13,19H2,1-2H3. The Morgan fingerprint density at radius 1 is 1.30 bits per heavy atom. The van der Waals surface area contributed by atoms with Gasteiger partial charge >= 0.3 is 0 Å². The summed E-state index contributed by atoms with van der Waals surface area (Å²) in [7, 11) is 0. The van der Waals surface area contributed by atoms with Crippen LogP contribution in [0.2, 0.25) is 0 Å². The summed E-state index contributed by atoms with van der Waals surface area (Å²) in [6, 6.07) is 0. The zero-order valence-electron chi connectivity index (χ0n) is 13.5. The van der Waals surface area contributed by atoms with Crippen LogP contribution in [-0.2, 0) is 4.79 Å². The largest absolute Gasteiger partial charge is 0.402 e. The molecular weight excluding hydrogens is 246 g/mol. The van der Waals surface area contributed by atoms with Crippen molar-refractivity contribution in [3.8, 4) is 0 Å². The molecule has 1 saturated carbocycles. The Morgan fingerprint density at radius 2 is 1.95 bits per heavy atom. The van der Waals surface area contributed by atoms with Crippen LogP contribution in [0.5, 0.6) is 0 Å². The summed E-state index contributed by atoms with van der Waals surface area (Å²) in [6.07, 6.45) is 11.7. The highest BCUT2D eigenvalue weighted by atomic mass is 16.1. The smallest absolute Gasteiger partial charge is 0.136 e. The van der Waals surface area contributed by atoms with Crippen LogP contribution in [0, 0.1) is 17.8 Å². The summed E-state index contributed by atoms with van der Waals surface area (Å²) in [5.41, 5.74) is 6.55. The minimum atomic E-state index is 0.191. The van der Waals surface area contributed by atoms with E-state index in [1.165, 1.54) is 32.1 Å². The third kappa shape index (κ3) is 6.11. The van der Waals surface area contributed by atoms with Crippen LogP contribution in [-0.4, -0.2) is 5.78 Å². The first-order valence-electron chi connectivity index (χ1n) is 8.51. The van der Waals surface area contributed by atoms with Crippen LogP contribution in [0.4, 0.5) is 0 Å². The van der Waals surface area contributed by atoms with Gasteiger partial charge in [0.25, 0.3) is 0 Å². The van der Waals surface area contributed by atoms with Gasteiger partial charge < -0.3 is 5.73 Å². The number of carbonyl (C=O) groups is 1. The number of hydrogen-bond acceptors (Lipinski definition) is 2. The van der Waals surface area contributed by atoms with Gasteiger partial charge in [-0.1, -0.05) is 65.4 Å². The Balaban J connectivity index is 2.39. The third-order valence-electron chi connectivity index (χ3n) is 4.84. The lowest BCUT2D eigenvalue weighted by Crippen LogP contribution is -2.22. The summed E-state index contributed by atoms with van der Waals surface area (Å²) in [5.74, 6) is 1.55. The van der Waals surface area contributed by atoms with Crippen LogP contribution in [0.3, 0.4) is 0 Å². The zero-order valence-corrected chi connectivity index (χ0v) is 13.5. The number of hydrogen-bond donors (Lipinski definition) is 1. The van der Waals surface area contributed by atoms with Gasteiger partial charge in [-0.3, -0.25) is 4.79 Å². The number of nitrogens with two attached hydrogens (primary N) is 1. The van der Waals surface area contributed by atoms with E-state index in [2.05, 4.69) is 20.4 Å². The van der Waals surface area contributed by atoms with Gasteiger partial charge in [-0.15, -0.1) is 0 Å². The van der Waals surface area contributed by atoms with Gasteiger partial charge in [0.1, 0.15) is 5.78 Å². The number of allylic oxidation sites excluding steroid dienone is 1. The molecule has 1 fully saturated rings. The molecule has 0 spiro atoms. The van der Waals surface area contributed by atoms with E-state index in [-0.39, 0.29) is 11.8 Å². The molecule has 2 nitrogen and oxygen atoms in total. The van der Waals surface area contributed by atoms with Gasteiger partial charge in [0.05, 0.1) is 0 Å². The van der Waals surface area contributed by atoms with Gasteiger partial charge in [0.2, 0.25) is 0 Å². The summed E-state index contributed by atoms with van der Waals surface area (Å²) >= 11 is 0. The van der Waals surface area contributed by atoms with E-state index in [0.717, 1.165) is 31.6 Å². The van der Waals surface area contributed by atoms with E-state index in [1.807, 2.05) is 0 Å². The molecule has 0 aliphatic heterocycles. The van der Waals surface area contributed by atoms with Crippen molar-refractivity contribution in [1.82, 2.24) is 0 Å². The van der Waals surface area contributed by atoms with E-state index >= 15 is 0 Å². The van der Waals surface area contributed by atoms with Crippen molar-refractivity contribution >= 4 is 5.78 Å². The van der Waals surface area contributed by atoms with E-state index in [0.29, 0.717) is 17.9 Å². The number of unbranched alkanes of at least 4 members (excludes halogenated alkanes) is 1. The van der Waals surface area contributed by atoms with Crippen LogP contribution >= 0.6 is 0 Å². The molecule has 2 heteroatoms. The maximum Gasteiger partial charge on any atom is 0.136 e. The number of Topliss-reactive ketones (excluding diaryl/α,β-unsaturated/α-hetero) is 1. The van der Waals surface area contributed by atoms with Crippen LogP contribution in [0.15, 0.2) is 12.3 Å². The summed E-state index contributed by atoms with van der Waals surface area (Å²) in [6.45, 7) is 8.14. The van der Waals surface area contributed by atoms with Crippen molar-refractivity contribution in [3.63, 3.8) is 0 Å². The molecule has 0 aromatic heterocycles. The predicted octanol–water partition coefficient (Wildman–Crippen LogP) is 4.83. The molecule has 2 unspecified atom stereocenters. The van der Waals surface area contributed by atoms with E-state index < -0.39 is 0 Å². The second-order valence-electron chi connectivity index (χ2n) is 6.73. The number of rotatable bonds is 9. The quantitative estimate of drug-likeness (QED) is 0.657. The number of ketones is 1. The first kappa shape index (κ1) is 17.3. The highest BCUT2D eigenvalue weighted by Gasteiger charge is 2.23. The molecule has 1 aliphatic rings. The van der Waals surface area contributed by atoms with Crippen molar-refractivity contribution < 1.29 is 4.79 Å². The average Bonchev–Trinajstić information content (AvgIpc) is 2.43. The molecule has 1 aliphatic carbocycles. The van der Waals surface area contributed by atoms with E-state index in [1.54, 1.807) is 0 Å². The average molecular weight is 279 g/mol. The van der Waals surface area contributed by atoms with Gasteiger partial charge in [0, 0.05) is 24.0 Å². The number of carbonyl (C=O) groups excluding carboxylic acids is 1. The molecule has 1 rings (SSSR count). The lowest BCUT2D eigenvalue weighted by atomic mass is 9.80. The Bertz CT molecular complexity index is 305. The highest BCUT2D eigenvalue weighted by molar-refractivity contribution is 5.81. The second kappa shape index (κ2) is 9.20. The summed E-state index contributed by atoms with van der Waals surface area (Å²) in [5, 5.41) is 0. The van der Waals surface area contributed by atoms with Gasteiger partial charge in [-0.25, -0.2) is 0 Å². The Labute approximate surface area is 125 Å². The molecule has 2 N–H and O–H groups in total. The molecule has 20 heavy (non-hydrogen) atoms.